The monoisotopic (exact) mass is 296 g/mol. The Morgan fingerprint density at radius 2 is 1.73 bits per heavy atom. The molecule has 0 aliphatic heterocycles. The summed E-state index contributed by atoms with van der Waals surface area (Å²) in [7, 11) is 0. The normalized spacial score (nSPS) is 9.77. The zero-order chi connectivity index (χ0) is 15.8. The average molecular weight is 296 g/mol. The van der Waals surface area contributed by atoms with E-state index in [9.17, 15) is 4.79 Å². The highest BCUT2D eigenvalue weighted by molar-refractivity contribution is 5.67. The van der Waals surface area contributed by atoms with Gasteiger partial charge in [0.1, 0.15) is 12.4 Å². The summed E-state index contributed by atoms with van der Waals surface area (Å²) in [4.78, 5) is 11.5. The summed E-state index contributed by atoms with van der Waals surface area (Å²) < 4.78 is 5.07. The minimum Gasteiger partial charge on any atom is -0.508 e. The third-order valence-corrected chi connectivity index (χ3v) is 3.07. The number of nitrogens with zero attached hydrogens (tertiary/aromatic N) is 1. The lowest BCUT2D eigenvalue weighted by atomic mass is 10.1. The third kappa shape index (κ3) is 4.84. The first-order valence-corrected chi connectivity index (χ1v) is 6.85. The van der Waals surface area contributed by atoms with E-state index in [1.54, 1.807) is 36.4 Å². The number of amides is 1. The van der Waals surface area contributed by atoms with E-state index in [0.29, 0.717) is 18.5 Å². The van der Waals surface area contributed by atoms with E-state index in [1.165, 1.54) is 0 Å². The van der Waals surface area contributed by atoms with E-state index in [-0.39, 0.29) is 12.4 Å². The number of nitrogens with one attached hydrogen (secondary N) is 1. The predicted octanol–water partition coefficient (Wildman–Crippen LogP) is 2.73. The van der Waals surface area contributed by atoms with Gasteiger partial charge in [0.15, 0.2) is 0 Å². The lowest BCUT2D eigenvalue weighted by molar-refractivity contribution is 0.140. The molecular weight excluding hydrogens is 280 g/mol. The molecule has 2 aromatic rings. The van der Waals surface area contributed by atoms with Crippen molar-refractivity contribution in [2.24, 2.45) is 0 Å². The first-order chi connectivity index (χ1) is 10.7. The largest absolute Gasteiger partial charge is 0.508 e. The zero-order valence-corrected chi connectivity index (χ0v) is 12.0. The number of alkyl carbamates (subject to hydrolysis) is 1. The van der Waals surface area contributed by atoms with Crippen LogP contribution >= 0.6 is 0 Å². The van der Waals surface area contributed by atoms with Crippen LogP contribution in [0.1, 0.15) is 16.7 Å². The Kier molecular flexibility index (Phi) is 5.38. The molecule has 0 bridgehead atoms. The molecule has 0 unspecified atom stereocenters. The second-order valence-corrected chi connectivity index (χ2v) is 4.73. The first kappa shape index (κ1) is 15.4. The fraction of sp³-hybridized carbons (Fsp3) is 0.176. The molecule has 112 valence electrons. The van der Waals surface area contributed by atoms with E-state index in [0.717, 1.165) is 11.1 Å². The van der Waals surface area contributed by atoms with Crippen molar-refractivity contribution in [3.05, 3.63) is 65.2 Å². The van der Waals surface area contributed by atoms with Gasteiger partial charge in [0.25, 0.3) is 0 Å². The number of aromatic hydroxyl groups is 1. The van der Waals surface area contributed by atoms with Crippen LogP contribution in [0.5, 0.6) is 5.75 Å². The molecule has 0 fully saturated rings. The van der Waals surface area contributed by atoms with Gasteiger partial charge in [-0.3, -0.25) is 0 Å². The van der Waals surface area contributed by atoms with Gasteiger partial charge in [0, 0.05) is 6.54 Å². The van der Waals surface area contributed by atoms with Crippen LogP contribution < -0.4 is 5.32 Å². The molecule has 1 amide bonds. The molecule has 0 aliphatic carbocycles. The van der Waals surface area contributed by atoms with Crippen LogP contribution in [0, 0.1) is 11.3 Å². The number of nitriles is 1. The molecule has 0 heterocycles. The van der Waals surface area contributed by atoms with Crippen LogP contribution in [0.3, 0.4) is 0 Å². The van der Waals surface area contributed by atoms with Crippen molar-refractivity contribution < 1.29 is 14.6 Å². The summed E-state index contributed by atoms with van der Waals surface area (Å²) in [6.45, 7) is 0.614. The van der Waals surface area contributed by atoms with Gasteiger partial charge >= 0.3 is 6.09 Å². The average Bonchev–Trinajstić information content (AvgIpc) is 2.55. The van der Waals surface area contributed by atoms with Crippen molar-refractivity contribution in [3.63, 3.8) is 0 Å². The topological polar surface area (TPSA) is 82.4 Å². The summed E-state index contributed by atoms with van der Waals surface area (Å²) in [5.41, 5.74) is 2.46. The smallest absolute Gasteiger partial charge is 0.407 e. The highest BCUT2D eigenvalue weighted by Crippen LogP contribution is 2.10. The highest BCUT2D eigenvalue weighted by atomic mass is 16.5. The Bertz CT molecular complexity index is 658. The molecule has 0 saturated heterocycles. The number of benzene rings is 2. The summed E-state index contributed by atoms with van der Waals surface area (Å²) in [5.74, 6) is 0.176. The Hall–Kier alpha value is -3.00. The van der Waals surface area contributed by atoms with Gasteiger partial charge in [-0.2, -0.15) is 5.26 Å². The number of phenols is 1. The van der Waals surface area contributed by atoms with Crippen LogP contribution in [-0.2, 0) is 17.8 Å². The molecule has 22 heavy (non-hydrogen) atoms. The Morgan fingerprint density at radius 1 is 1.09 bits per heavy atom. The minimum atomic E-state index is -0.485. The van der Waals surface area contributed by atoms with Crippen LogP contribution in [0.4, 0.5) is 4.79 Å². The summed E-state index contributed by atoms with van der Waals surface area (Å²) in [6, 6.07) is 15.8. The summed E-state index contributed by atoms with van der Waals surface area (Å²) in [5, 5.41) is 20.5. The van der Waals surface area contributed by atoms with Gasteiger partial charge < -0.3 is 15.2 Å². The van der Waals surface area contributed by atoms with Crippen molar-refractivity contribution in [1.29, 1.82) is 5.26 Å². The number of hydrogen-bond acceptors (Lipinski definition) is 4. The van der Waals surface area contributed by atoms with Crippen molar-refractivity contribution in [2.45, 2.75) is 13.0 Å². The maximum Gasteiger partial charge on any atom is 0.407 e. The zero-order valence-electron chi connectivity index (χ0n) is 12.0. The van der Waals surface area contributed by atoms with E-state index in [1.807, 2.05) is 12.1 Å². The van der Waals surface area contributed by atoms with E-state index >= 15 is 0 Å². The molecular formula is C17H16N2O3. The van der Waals surface area contributed by atoms with E-state index in [2.05, 4.69) is 11.4 Å². The second kappa shape index (κ2) is 7.70. The second-order valence-electron chi connectivity index (χ2n) is 4.73. The highest BCUT2D eigenvalue weighted by Gasteiger charge is 2.02. The van der Waals surface area contributed by atoms with Gasteiger partial charge in [-0.05, 0) is 41.8 Å². The lowest BCUT2D eigenvalue weighted by Gasteiger charge is -2.07. The number of hydrogen-bond donors (Lipinski definition) is 2. The number of rotatable bonds is 5. The van der Waals surface area contributed by atoms with Crippen LogP contribution in [0.2, 0.25) is 0 Å². The molecule has 0 aromatic heterocycles. The molecule has 0 radical (unpaired) electrons. The molecule has 2 N–H and O–H groups in total. The fourth-order valence-corrected chi connectivity index (χ4v) is 1.85. The standard InChI is InChI=1S/C17H16N2O3/c18-11-14-3-1-13(2-4-14)9-10-19-17(21)22-12-15-5-7-16(20)8-6-15/h1-8,20H,9-10,12H2,(H,19,21). The van der Waals surface area contributed by atoms with Gasteiger partial charge in [0.05, 0.1) is 11.6 Å². The Labute approximate surface area is 128 Å². The van der Waals surface area contributed by atoms with E-state index in [4.69, 9.17) is 15.1 Å². The quantitative estimate of drug-likeness (QED) is 0.888. The molecule has 0 aliphatic rings. The molecule has 2 aromatic carbocycles. The Morgan fingerprint density at radius 3 is 2.36 bits per heavy atom. The number of carbonyl (C=O) groups excluding carboxylic acids is 1. The lowest BCUT2D eigenvalue weighted by Crippen LogP contribution is -2.26. The molecule has 5 nitrogen and oxygen atoms in total. The minimum absolute atomic E-state index is 0.156. The van der Waals surface area contributed by atoms with Crippen LogP contribution in [0.25, 0.3) is 0 Å². The van der Waals surface area contributed by atoms with Crippen molar-refractivity contribution in [2.75, 3.05) is 6.54 Å². The van der Waals surface area contributed by atoms with Gasteiger partial charge in [-0.1, -0.05) is 24.3 Å². The van der Waals surface area contributed by atoms with Gasteiger partial charge in [-0.15, -0.1) is 0 Å². The third-order valence-electron chi connectivity index (χ3n) is 3.07. The van der Waals surface area contributed by atoms with Crippen LogP contribution in [-0.4, -0.2) is 17.7 Å². The van der Waals surface area contributed by atoms with Crippen molar-refractivity contribution in [3.8, 4) is 11.8 Å². The summed E-state index contributed by atoms with van der Waals surface area (Å²) in [6.07, 6.45) is 0.182. The Balaban J connectivity index is 1.69. The van der Waals surface area contributed by atoms with Crippen molar-refractivity contribution in [1.82, 2.24) is 5.32 Å². The van der Waals surface area contributed by atoms with Crippen LogP contribution in [0.15, 0.2) is 48.5 Å². The predicted molar refractivity (Wildman–Crippen MR) is 81.2 cm³/mol. The van der Waals surface area contributed by atoms with Gasteiger partial charge in [0.2, 0.25) is 0 Å². The SMILES string of the molecule is N#Cc1ccc(CCNC(=O)OCc2ccc(O)cc2)cc1. The fourth-order valence-electron chi connectivity index (χ4n) is 1.85. The van der Waals surface area contributed by atoms with Crippen molar-refractivity contribution >= 4 is 6.09 Å². The summed E-state index contributed by atoms with van der Waals surface area (Å²) >= 11 is 0. The molecule has 0 spiro atoms. The van der Waals surface area contributed by atoms with E-state index < -0.39 is 6.09 Å². The molecule has 5 heteroatoms. The van der Waals surface area contributed by atoms with Gasteiger partial charge in [-0.25, -0.2) is 4.79 Å². The maximum atomic E-state index is 11.5. The number of carbonyl (C=O) groups is 1. The molecule has 2 rings (SSSR count). The first-order valence-electron chi connectivity index (χ1n) is 6.85. The number of phenolic OH excluding ortho intramolecular Hbond substituents is 1. The molecule has 0 atom stereocenters. The molecule has 0 saturated carbocycles. The number of ether oxygens (including phenoxy) is 1. The maximum absolute atomic E-state index is 11.5.